The van der Waals surface area contributed by atoms with Gasteiger partial charge in [-0.05, 0) is 43.9 Å². The summed E-state index contributed by atoms with van der Waals surface area (Å²) in [7, 11) is 0. The highest BCUT2D eigenvalue weighted by atomic mass is 32.2. The van der Waals surface area contributed by atoms with Crippen molar-refractivity contribution in [3.63, 3.8) is 0 Å². The second-order valence-electron chi connectivity index (χ2n) is 5.04. The van der Waals surface area contributed by atoms with Crippen molar-refractivity contribution in [2.75, 3.05) is 0 Å². The summed E-state index contributed by atoms with van der Waals surface area (Å²) in [6, 6.07) is 0. The van der Waals surface area contributed by atoms with Crippen LogP contribution in [-0.2, 0) is 0 Å². The van der Waals surface area contributed by atoms with E-state index in [0.717, 1.165) is 21.8 Å². The summed E-state index contributed by atoms with van der Waals surface area (Å²) < 4.78 is 0.717. The van der Waals surface area contributed by atoms with Gasteiger partial charge in [-0.1, -0.05) is 6.92 Å². The summed E-state index contributed by atoms with van der Waals surface area (Å²) in [6.45, 7) is 2.50. The molecule has 0 amide bonds. The van der Waals surface area contributed by atoms with Crippen molar-refractivity contribution in [1.82, 2.24) is 0 Å². The number of hydrogen-bond acceptors (Lipinski definition) is 1. The molecule has 2 aliphatic heterocycles. The molecule has 4 rings (SSSR count). The lowest BCUT2D eigenvalue weighted by molar-refractivity contribution is 0.148. The Balaban J connectivity index is 1.94. The summed E-state index contributed by atoms with van der Waals surface area (Å²) >= 11 is 2.31. The van der Waals surface area contributed by atoms with Crippen molar-refractivity contribution in [3.05, 3.63) is 0 Å². The van der Waals surface area contributed by atoms with Gasteiger partial charge in [-0.3, -0.25) is 0 Å². The van der Waals surface area contributed by atoms with Crippen LogP contribution in [-0.4, -0.2) is 10.00 Å². The molecule has 2 unspecified atom stereocenters. The zero-order valence-corrected chi connectivity index (χ0v) is 7.99. The molecule has 0 aromatic heterocycles. The van der Waals surface area contributed by atoms with Crippen LogP contribution in [0.1, 0.15) is 39.0 Å². The molecule has 2 aliphatic carbocycles. The first-order valence-electron chi connectivity index (χ1n) is 4.91. The van der Waals surface area contributed by atoms with E-state index >= 15 is 0 Å². The third-order valence-corrected chi connectivity index (χ3v) is 5.37. The van der Waals surface area contributed by atoms with Crippen LogP contribution in [0.5, 0.6) is 0 Å². The Hall–Kier alpha value is 0.350. The summed E-state index contributed by atoms with van der Waals surface area (Å²) in [5.74, 6) is 2.25. The van der Waals surface area contributed by atoms with Crippen molar-refractivity contribution in [2.45, 2.75) is 49.0 Å². The Labute approximate surface area is 73.1 Å². The van der Waals surface area contributed by atoms with Gasteiger partial charge in [0.25, 0.3) is 0 Å². The third kappa shape index (κ3) is 0.965. The molecule has 2 saturated heterocycles. The van der Waals surface area contributed by atoms with Crippen molar-refractivity contribution in [1.29, 1.82) is 0 Å². The molecule has 4 fully saturated rings. The van der Waals surface area contributed by atoms with E-state index < -0.39 is 0 Å². The molecule has 0 nitrogen and oxygen atoms in total. The summed E-state index contributed by atoms with van der Waals surface area (Å²) in [6.07, 6.45) is 7.75. The van der Waals surface area contributed by atoms with Gasteiger partial charge in [0.2, 0.25) is 0 Å². The quantitative estimate of drug-likeness (QED) is 0.535. The monoisotopic (exact) mass is 168 g/mol. The van der Waals surface area contributed by atoms with Gasteiger partial charge in [0.15, 0.2) is 0 Å². The zero-order valence-electron chi connectivity index (χ0n) is 7.18. The van der Waals surface area contributed by atoms with E-state index in [1.54, 1.807) is 19.3 Å². The van der Waals surface area contributed by atoms with Gasteiger partial charge in [-0.2, -0.15) is 11.8 Å². The van der Waals surface area contributed by atoms with Gasteiger partial charge < -0.3 is 0 Å². The summed E-state index contributed by atoms with van der Waals surface area (Å²) in [4.78, 5) is 0. The predicted molar refractivity (Wildman–Crippen MR) is 49.8 cm³/mol. The molecule has 1 heteroatoms. The number of hydrogen-bond donors (Lipinski definition) is 0. The normalized spacial score (nSPS) is 60.3. The van der Waals surface area contributed by atoms with E-state index in [9.17, 15) is 0 Å². The number of rotatable bonds is 0. The highest BCUT2D eigenvalue weighted by molar-refractivity contribution is 8.01. The second-order valence-corrected chi connectivity index (χ2v) is 6.93. The minimum absolute atomic E-state index is 0.717. The molecule has 0 radical (unpaired) electrons. The van der Waals surface area contributed by atoms with Gasteiger partial charge in [0, 0.05) is 10.00 Å². The van der Waals surface area contributed by atoms with E-state index in [4.69, 9.17) is 0 Å². The van der Waals surface area contributed by atoms with Gasteiger partial charge in [0.05, 0.1) is 0 Å². The largest absolute Gasteiger partial charge is 0.152 e. The third-order valence-electron chi connectivity index (χ3n) is 3.75. The Morgan fingerprint density at radius 2 is 1.73 bits per heavy atom. The standard InChI is InChI=1S/C10H16S/c1-10-5-7-2-8(6-10)4-9(3-7)11-10/h7-9H,2-6H2,1H3. The van der Waals surface area contributed by atoms with E-state index in [2.05, 4.69) is 18.7 Å². The highest BCUT2D eigenvalue weighted by Gasteiger charge is 2.48. The van der Waals surface area contributed by atoms with Crippen LogP contribution in [0.15, 0.2) is 0 Å². The smallest absolute Gasteiger partial charge is 0.0140 e. The van der Waals surface area contributed by atoms with Crippen LogP contribution in [0.3, 0.4) is 0 Å². The topological polar surface area (TPSA) is 0 Å². The number of thioether (sulfide) groups is 1. The van der Waals surface area contributed by atoms with Gasteiger partial charge in [-0.25, -0.2) is 0 Å². The second kappa shape index (κ2) is 1.99. The minimum atomic E-state index is 0.717. The highest BCUT2D eigenvalue weighted by Crippen LogP contribution is 2.59. The molecule has 11 heavy (non-hydrogen) atoms. The average Bonchev–Trinajstić information content (AvgIpc) is 1.79. The molecule has 2 saturated carbocycles. The first-order chi connectivity index (χ1) is 5.23. The van der Waals surface area contributed by atoms with Crippen molar-refractivity contribution in [3.8, 4) is 0 Å². The van der Waals surface area contributed by atoms with Crippen molar-refractivity contribution < 1.29 is 0 Å². The van der Waals surface area contributed by atoms with Gasteiger partial charge in [-0.15, -0.1) is 0 Å². The molecule has 4 aliphatic rings. The molecule has 0 N–H and O–H groups in total. The van der Waals surface area contributed by atoms with Crippen LogP contribution in [0.25, 0.3) is 0 Å². The SMILES string of the molecule is CC12CC3CC(CC(C3)S1)C2. The fourth-order valence-electron chi connectivity index (χ4n) is 3.74. The van der Waals surface area contributed by atoms with Gasteiger partial charge in [0.1, 0.15) is 0 Å². The fraction of sp³-hybridized carbons (Fsp3) is 1.00. The molecule has 0 aromatic carbocycles. The van der Waals surface area contributed by atoms with Crippen LogP contribution in [0.2, 0.25) is 0 Å². The molecule has 62 valence electrons. The first-order valence-corrected chi connectivity index (χ1v) is 5.79. The van der Waals surface area contributed by atoms with Crippen LogP contribution in [0, 0.1) is 11.8 Å². The Kier molecular flexibility index (Phi) is 1.23. The van der Waals surface area contributed by atoms with Crippen molar-refractivity contribution in [2.24, 2.45) is 11.8 Å². The molecule has 2 heterocycles. The van der Waals surface area contributed by atoms with E-state index in [1.807, 2.05) is 0 Å². The van der Waals surface area contributed by atoms with E-state index in [1.165, 1.54) is 12.8 Å². The molecular weight excluding hydrogens is 152 g/mol. The lowest BCUT2D eigenvalue weighted by atomic mass is 9.67. The molecule has 0 spiro atoms. The maximum atomic E-state index is 2.50. The van der Waals surface area contributed by atoms with Gasteiger partial charge >= 0.3 is 0 Å². The fourth-order valence-corrected chi connectivity index (χ4v) is 5.94. The minimum Gasteiger partial charge on any atom is -0.152 e. The molecule has 4 bridgehead atoms. The predicted octanol–water partition coefficient (Wildman–Crippen LogP) is 3.07. The van der Waals surface area contributed by atoms with Crippen LogP contribution in [0.4, 0.5) is 0 Å². The lowest BCUT2D eigenvalue weighted by Crippen LogP contribution is -2.46. The first kappa shape index (κ1) is 6.82. The van der Waals surface area contributed by atoms with Crippen molar-refractivity contribution >= 4 is 11.8 Å². The van der Waals surface area contributed by atoms with Crippen LogP contribution >= 0.6 is 11.8 Å². The zero-order chi connectivity index (χ0) is 7.47. The van der Waals surface area contributed by atoms with Crippen LogP contribution < -0.4 is 0 Å². The Bertz CT molecular complexity index is 150. The molecule has 2 atom stereocenters. The molecular formula is C10H16S. The van der Waals surface area contributed by atoms with E-state index in [0.29, 0.717) is 0 Å². The Morgan fingerprint density at radius 3 is 2.18 bits per heavy atom. The average molecular weight is 168 g/mol. The summed E-state index contributed by atoms with van der Waals surface area (Å²) in [5.41, 5.74) is 0. The Morgan fingerprint density at radius 1 is 1.09 bits per heavy atom. The summed E-state index contributed by atoms with van der Waals surface area (Å²) in [5, 5.41) is 1.06. The van der Waals surface area contributed by atoms with E-state index in [-0.39, 0.29) is 0 Å². The lowest BCUT2D eigenvalue weighted by Gasteiger charge is -2.54. The maximum absolute atomic E-state index is 2.50. The molecule has 0 aromatic rings. The maximum Gasteiger partial charge on any atom is 0.0140 e.